The highest BCUT2D eigenvalue weighted by Crippen LogP contribution is 2.39. The summed E-state index contributed by atoms with van der Waals surface area (Å²) < 4.78 is 39.5. The van der Waals surface area contributed by atoms with Crippen LogP contribution in [0.15, 0.2) is 30.5 Å². The Kier molecular flexibility index (Phi) is 3.77. The van der Waals surface area contributed by atoms with Gasteiger partial charge in [0, 0.05) is 25.2 Å². The summed E-state index contributed by atoms with van der Waals surface area (Å²) in [5, 5.41) is 8.30. The molecule has 5 nitrogen and oxygen atoms in total. The minimum Gasteiger partial charge on any atom is -0.338 e. The Balaban J connectivity index is 1.30. The molecule has 2 aliphatic rings. The zero-order valence-corrected chi connectivity index (χ0v) is 13.4. The standard InChI is InChI=1S/C17H17F3N4O/c18-17(19,20)13-5-1-11(2-6-13)7-16(25)23-8-14(9-23)24-10-15(21-22-24)12-3-4-12/h1-2,5-6,10,12,14H,3-4,7-9H2. The molecule has 1 aromatic carbocycles. The van der Waals surface area contributed by atoms with E-state index >= 15 is 0 Å². The number of amides is 1. The van der Waals surface area contributed by atoms with E-state index in [9.17, 15) is 18.0 Å². The molecular formula is C17H17F3N4O. The number of aromatic nitrogens is 3. The minimum absolute atomic E-state index is 0.0847. The Labute approximate surface area is 142 Å². The van der Waals surface area contributed by atoms with Gasteiger partial charge in [0.25, 0.3) is 0 Å². The van der Waals surface area contributed by atoms with Crippen molar-refractivity contribution in [2.45, 2.75) is 37.4 Å². The maximum atomic E-state index is 12.5. The van der Waals surface area contributed by atoms with Gasteiger partial charge in [0.05, 0.1) is 23.7 Å². The molecule has 0 atom stereocenters. The molecule has 1 aromatic heterocycles. The van der Waals surface area contributed by atoms with Crippen molar-refractivity contribution in [3.8, 4) is 0 Å². The van der Waals surface area contributed by atoms with Crippen LogP contribution in [-0.4, -0.2) is 38.9 Å². The molecule has 1 aliphatic heterocycles. The van der Waals surface area contributed by atoms with Gasteiger partial charge < -0.3 is 4.90 Å². The normalized spacial score (nSPS) is 18.3. The predicted octanol–water partition coefficient (Wildman–Crippen LogP) is 2.80. The van der Waals surface area contributed by atoms with Crippen LogP contribution in [0.2, 0.25) is 0 Å². The lowest BCUT2D eigenvalue weighted by molar-refractivity contribution is -0.137. The van der Waals surface area contributed by atoms with Crippen LogP contribution in [0.4, 0.5) is 13.2 Å². The Hall–Kier alpha value is -2.38. The molecule has 2 aromatic rings. The zero-order valence-electron chi connectivity index (χ0n) is 13.4. The summed E-state index contributed by atoms with van der Waals surface area (Å²) in [5.74, 6) is 0.463. The Morgan fingerprint density at radius 2 is 1.84 bits per heavy atom. The summed E-state index contributed by atoms with van der Waals surface area (Å²) in [6.07, 6.45) is 0.0438. The first-order valence-corrected chi connectivity index (χ1v) is 8.26. The summed E-state index contributed by atoms with van der Waals surface area (Å²) in [5.41, 5.74) is 0.901. The molecule has 8 heteroatoms. The fourth-order valence-corrected chi connectivity index (χ4v) is 2.96. The predicted molar refractivity (Wildman–Crippen MR) is 82.8 cm³/mol. The molecular weight excluding hydrogens is 333 g/mol. The molecule has 0 N–H and O–H groups in total. The molecule has 0 unspecified atom stereocenters. The van der Waals surface area contributed by atoms with Crippen molar-refractivity contribution < 1.29 is 18.0 Å². The number of rotatable bonds is 4. The van der Waals surface area contributed by atoms with E-state index in [1.165, 1.54) is 25.0 Å². The largest absolute Gasteiger partial charge is 0.416 e. The second kappa shape index (κ2) is 5.86. The molecule has 1 aliphatic carbocycles. The number of likely N-dealkylation sites (tertiary alicyclic amines) is 1. The van der Waals surface area contributed by atoms with E-state index in [4.69, 9.17) is 0 Å². The SMILES string of the molecule is O=C(Cc1ccc(C(F)(F)F)cc1)N1CC(n2cc(C3CC3)nn2)C1. The van der Waals surface area contributed by atoms with Crippen molar-refractivity contribution in [1.82, 2.24) is 19.9 Å². The summed E-state index contributed by atoms with van der Waals surface area (Å²) >= 11 is 0. The van der Waals surface area contributed by atoms with E-state index in [2.05, 4.69) is 10.3 Å². The lowest BCUT2D eigenvalue weighted by Gasteiger charge is -2.39. The quantitative estimate of drug-likeness (QED) is 0.852. The second-order valence-corrected chi connectivity index (χ2v) is 6.72. The molecule has 1 saturated heterocycles. The van der Waals surface area contributed by atoms with Crippen molar-refractivity contribution in [2.24, 2.45) is 0 Å². The maximum Gasteiger partial charge on any atom is 0.416 e. The third-order valence-electron chi connectivity index (χ3n) is 4.75. The number of benzene rings is 1. The Bertz CT molecular complexity index is 774. The molecule has 132 valence electrons. The fraction of sp³-hybridized carbons (Fsp3) is 0.471. The minimum atomic E-state index is -4.36. The third kappa shape index (κ3) is 3.38. The topological polar surface area (TPSA) is 51.0 Å². The lowest BCUT2D eigenvalue weighted by Crippen LogP contribution is -2.51. The van der Waals surface area contributed by atoms with Crippen LogP contribution < -0.4 is 0 Å². The van der Waals surface area contributed by atoms with E-state index < -0.39 is 11.7 Å². The smallest absolute Gasteiger partial charge is 0.338 e. The van der Waals surface area contributed by atoms with Gasteiger partial charge in [-0.25, -0.2) is 4.68 Å². The van der Waals surface area contributed by atoms with E-state index in [1.807, 2.05) is 10.9 Å². The summed E-state index contributed by atoms with van der Waals surface area (Å²) in [7, 11) is 0. The van der Waals surface area contributed by atoms with Crippen molar-refractivity contribution >= 4 is 5.91 Å². The summed E-state index contributed by atoms with van der Waals surface area (Å²) in [6.45, 7) is 1.12. The van der Waals surface area contributed by atoms with E-state index in [1.54, 1.807) is 4.90 Å². The molecule has 0 spiro atoms. The molecule has 0 radical (unpaired) electrons. The van der Waals surface area contributed by atoms with E-state index in [-0.39, 0.29) is 18.4 Å². The molecule has 1 amide bonds. The first kappa shape index (κ1) is 16.1. The van der Waals surface area contributed by atoms with Crippen LogP contribution in [-0.2, 0) is 17.4 Å². The lowest BCUT2D eigenvalue weighted by atomic mass is 10.0. The molecule has 4 rings (SSSR count). The van der Waals surface area contributed by atoms with Crippen molar-refractivity contribution in [3.63, 3.8) is 0 Å². The number of carbonyl (C=O) groups excluding carboxylic acids is 1. The van der Waals surface area contributed by atoms with Crippen LogP contribution in [0.3, 0.4) is 0 Å². The monoisotopic (exact) mass is 350 g/mol. The number of nitrogens with zero attached hydrogens (tertiary/aromatic N) is 4. The fourth-order valence-electron chi connectivity index (χ4n) is 2.96. The van der Waals surface area contributed by atoms with Crippen LogP contribution in [0.25, 0.3) is 0 Å². The van der Waals surface area contributed by atoms with Crippen LogP contribution >= 0.6 is 0 Å². The average Bonchev–Trinajstić information content (AvgIpc) is 3.25. The van der Waals surface area contributed by atoms with Crippen molar-refractivity contribution in [2.75, 3.05) is 13.1 Å². The molecule has 1 saturated carbocycles. The molecule has 2 heterocycles. The van der Waals surface area contributed by atoms with Gasteiger partial charge in [-0.1, -0.05) is 17.3 Å². The number of hydrogen-bond acceptors (Lipinski definition) is 3. The number of carbonyl (C=O) groups is 1. The van der Waals surface area contributed by atoms with Gasteiger partial charge in [-0.05, 0) is 30.5 Å². The van der Waals surface area contributed by atoms with E-state index in [0.717, 1.165) is 17.8 Å². The zero-order chi connectivity index (χ0) is 17.6. The van der Waals surface area contributed by atoms with Gasteiger partial charge in [-0.3, -0.25) is 4.79 Å². The maximum absolute atomic E-state index is 12.5. The van der Waals surface area contributed by atoms with Crippen LogP contribution in [0.1, 0.15) is 41.6 Å². The average molecular weight is 350 g/mol. The van der Waals surface area contributed by atoms with Gasteiger partial charge >= 0.3 is 6.18 Å². The van der Waals surface area contributed by atoms with Gasteiger partial charge in [0.2, 0.25) is 5.91 Å². The highest BCUT2D eigenvalue weighted by atomic mass is 19.4. The Morgan fingerprint density at radius 3 is 2.44 bits per heavy atom. The molecule has 2 fully saturated rings. The van der Waals surface area contributed by atoms with Gasteiger partial charge in [0.15, 0.2) is 0 Å². The first-order valence-electron chi connectivity index (χ1n) is 8.26. The van der Waals surface area contributed by atoms with Crippen LogP contribution in [0, 0.1) is 0 Å². The molecule has 0 bridgehead atoms. The van der Waals surface area contributed by atoms with Crippen molar-refractivity contribution in [1.29, 1.82) is 0 Å². The highest BCUT2D eigenvalue weighted by molar-refractivity contribution is 5.79. The summed E-state index contributed by atoms with van der Waals surface area (Å²) in [4.78, 5) is 13.9. The van der Waals surface area contributed by atoms with Gasteiger partial charge in [0.1, 0.15) is 0 Å². The van der Waals surface area contributed by atoms with Gasteiger partial charge in [-0.15, -0.1) is 5.10 Å². The second-order valence-electron chi connectivity index (χ2n) is 6.72. The highest BCUT2D eigenvalue weighted by Gasteiger charge is 2.34. The first-order chi connectivity index (χ1) is 11.9. The number of halogens is 3. The third-order valence-corrected chi connectivity index (χ3v) is 4.75. The Morgan fingerprint density at radius 1 is 1.16 bits per heavy atom. The molecule has 25 heavy (non-hydrogen) atoms. The number of hydrogen-bond donors (Lipinski definition) is 0. The number of alkyl halides is 3. The summed E-state index contributed by atoms with van der Waals surface area (Å²) in [6, 6.07) is 4.87. The van der Waals surface area contributed by atoms with E-state index in [0.29, 0.717) is 24.6 Å². The van der Waals surface area contributed by atoms with Crippen molar-refractivity contribution in [3.05, 3.63) is 47.3 Å². The van der Waals surface area contributed by atoms with Crippen LogP contribution in [0.5, 0.6) is 0 Å². The van der Waals surface area contributed by atoms with Gasteiger partial charge in [-0.2, -0.15) is 13.2 Å².